The third kappa shape index (κ3) is 4.78. The minimum atomic E-state index is -0.904. The van der Waals surface area contributed by atoms with E-state index in [2.05, 4.69) is 0 Å². The number of rotatable bonds is 4. The number of halogens is 1. The maximum absolute atomic E-state index is 10.4. The Hall–Kier alpha value is -1.57. The second-order valence-corrected chi connectivity index (χ2v) is 3.37. The van der Waals surface area contributed by atoms with Crippen LogP contribution in [0.5, 0.6) is 0 Å². The van der Waals surface area contributed by atoms with Gasteiger partial charge >= 0.3 is 5.97 Å². The lowest BCUT2D eigenvalue weighted by Crippen LogP contribution is -2.26. The van der Waals surface area contributed by atoms with Gasteiger partial charge in [-0.15, -0.1) is 12.4 Å². The topological polar surface area (TPSA) is 87.1 Å². The summed E-state index contributed by atoms with van der Waals surface area (Å²) >= 11 is 0. The number of hydrogen-bond acceptors (Lipinski definition) is 3. The Morgan fingerprint density at radius 2 is 2.25 bits per heavy atom. The molecule has 0 saturated carbocycles. The smallest absolute Gasteiger partial charge is 0.304 e. The standard InChI is InChI=1S/C11H12N2O2.ClH/c12-7-9-3-1-2-8(4-9)5-10(13)6-11(14)15;/h1-4,10H,5-6,13H2,(H,14,15);1H. The summed E-state index contributed by atoms with van der Waals surface area (Å²) in [6, 6.07) is 8.64. The van der Waals surface area contributed by atoms with Crippen molar-refractivity contribution in [2.24, 2.45) is 5.73 Å². The summed E-state index contributed by atoms with van der Waals surface area (Å²) in [5, 5.41) is 17.2. The summed E-state index contributed by atoms with van der Waals surface area (Å²) < 4.78 is 0. The fraction of sp³-hybridized carbons (Fsp3) is 0.273. The Morgan fingerprint density at radius 3 is 2.81 bits per heavy atom. The van der Waals surface area contributed by atoms with E-state index in [4.69, 9.17) is 16.1 Å². The molecule has 0 fully saturated rings. The third-order valence-corrected chi connectivity index (χ3v) is 1.99. The van der Waals surface area contributed by atoms with Crippen LogP contribution >= 0.6 is 12.4 Å². The van der Waals surface area contributed by atoms with Crippen LogP contribution in [-0.2, 0) is 11.2 Å². The molecule has 0 aliphatic carbocycles. The van der Waals surface area contributed by atoms with Gasteiger partial charge in [-0.2, -0.15) is 5.26 Å². The van der Waals surface area contributed by atoms with Gasteiger partial charge in [0.25, 0.3) is 0 Å². The Morgan fingerprint density at radius 1 is 1.56 bits per heavy atom. The minimum Gasteiger partial charge on any atom is -0.481 e. The van der Waals surface area contributed by atoms with Crippen molar-refractivity contribution >= 4 is 18.4 Å². The van der Waals surface area contributed by atoms with Crippen molar-refractivity contribution in [1.29, 1.82) is 5.26 Å². The van der Waals surface area contributed by atoms with Gasteiger partial charge in [-0.1, -0.05) is 12.1 Å². The molecule has 1 atom stereocenters. The Bertz CT molecular complexity index is 401. The first-order chi connectivity index (χ1) is 7.11. The van der Waals surface area contributed by atoms with Crippen molar-refractivity contribution in [2.45, 2.75) is 18.9 Å². The lowest BCUT2D eigenvalue weighted by atomic mass is 10.0. The molecule has 1 aromatic rings. The lowest BCUT2D eigenvalue weighted by Gasteiger charge is -2.08. The highest BCUT2D eigenvalue weighted by Crippen LogP contribution is 2.07. The van der Waals surface area contributed by atoms with Gasteiger partial charge in [0.1, 0.15) is 0 Å². The predicted molar refractivity (Wildman–Crippen MR) is 62.3 cm³/mol. The molecular formula is C11H13ClN2O2. The van der Waals surface area contributed by atoms with E-state index in [1.165, 1.54) is 0 Å². The van der Waals surface area contributed by atoms with Crippen molar-refractivity contribution in [2.75, 3.05) is 0 Å². The van der Waals surface area contributed by atoms with Crippen LogP contribution in [0.1, 0.15) is 17.5 Å². The molecule has 0 aromatic heterocycles. The predicted octanol–water partition coefficient (Wildman–Crippen LogP) is 1.32. The molecule has 5 heteroatoms. The van der Waals surface area contributed by atoms with E-state index >= 15 is 0 Å². The number of carboxylic acids is 1. The van der Waals surface area contributed by atoms with Crippen LogP contribution in [0.2, 0.25) is 0 Å². The van der Waals surface area contributed by atoms with Gasteiger partial charge in [-0.25, -0.2) is 0 Å². The lowest BCUT2D eigenvalue weighted by molar-refractivity contribution is -0.137. The largest absolute Gasteiger partial charge is 0.481 e. The molecule has 0 aliphatic heterocycles. The normalized spacial score (nSPS) is 11.0. The fourth-order valence-corrected chi connectivity index (χ4v) is 1.37. The number of hydrogen-bond donors (Lipinski definition) is 2. The van der Waals surface area contributed by atoms with Crippen molar-refractivity contribution in [1.82, 2.24) is 0 Å². The number of nitrogens with two attached hydrogens (primary N) is 1. The zero-order chi connectivity index (χ0) is 11.3. The van der Waals surface area contributed by atoms with E-state index in [0.717, 1.165) is 5.56 Å². The number of carbonyl (C=O) groups is 1. The van der Waals surface area contributed by atoms with E-state index in [1.807, 2.05) is 12.1 Å². The average Bonchev–Trinajstić information content (AvgIpc) is 2.16. The highest BCUT2D eigenvalue weighted by Gasteiger charge is 2.08. The zero-order valence-electron chi connectivity index (χ0n) is 8.59. The molecule has 16 heavy (non-hydrogen) atoms. The summed E-state index contributed by atoms with van der Waals surface area (Å²) in [4.78, 5) is 10.4. The zero-order valence-corrected chi connectivity index (χ0v) is 9.41. The molecule has 0 saturated heterocycles. The Kier molecular flexibility index (Phi) is 6.16. The Labute approximate surface area is 100 Å². The summed E-state index contributed by atoms with van der Waals surface area (Å²) in [6.07, 6.45) is 0.415. The number of benzene rings is 1. The second kappa shape index (κ2) is 6.83. The molecule has 86 valence electrons. The van der Waals surface area contributed by atoms with Gasteiger partial charge < -0.3 is 10.8 Å². The molecule has 0 bridgehead atoms. The van der Waals surface area contributed by atoms with Gasteiger partial charge in [0.15, 0.2) is 0 Å². The summed E-state index contributed by atoms with van der Waals surface area (Å²) in [5.74, 6) is -0.904. The van der Waals surface area contributed by atoms with E-state index in [9.17, 15) is 4.79 Å². The summed E-state index contributed by atoms with van der Waals surface area (Å²) in [6.45, 7) is 0. The molecule has 0 amide bonds. The van der Waals surface area contributed by atoms with Crippen molar-refractivity contribution in [3.8, 4) is 6.07 Å². The van der Waals surface area contributed by atoms with E-state index in [1.54, 1.807) is 18.2 Å². The number of nitrogens with zero attached hydrogens (tertiary/aromatic N) is 1. The van der Waals surface area contributed by atoms with Crippen LogP contribution in [-0.4, -0.2) is 17.1 Å². The van der Waals surface area contributed by atoms with Crippen LogP contribution in [0.25, 0.3) is 0 Å². The quantitative estimate of drug-likeness (QED) is 0.831. The molecular weight excluding hydrogens is 228 g/mol. The molecule has 4 nitrogen and oxygen atoms in total. The number of carboxylic acid groups (broad SMARTS) is 1. The van der Waals surface area contributed by atoms with E-state index in [0.29, 0.717) is 12.0 Å². The molecule has 1 unspecified atom stereocenters. The fourth-order valence-electron chi connectivity index (χ4n) is 1.37. The molecule has 0 aliphatic rings. The maximum Gasteiger partial charge on any atom is 0.304 e. The number of nitriles is 1. The van der Waals surface area contributed by atoms with Crippen LogP contribution in [0, 0.1) is 11.3 Å². The number of aliphatic carboxylic acids is 1. The van der Waals surface area contributed by atoms with Crippen LogP contribution < -0.4 is 5.73 Å². The van der Waals surface area contributed by atoms with Gasteiger partial charge in [-0.3, -0.25) is 4.79 Å². The van der Waals surface area contributed by atoms with Crippen molar-refractivity contribution in [3.63, 3.8) is 0 Å². The molecule has 1 aromatic carbocycles. The molecule has 3 N–H and O–H groups in total. The molecule has 0 heterocycles. The van der Waals surface area contributed by atoms with Gasteiger partial charge in [0.05, 0.1) is 18.1 Å². The molecule has 0 radical (unpaired) electrons. The first-order valence-corrected chi connectivity index (χ1v) is 4.58. The molecule has 0 spiro atoms. The second-order valence-electron chi connectivity index (χ2n) is 3.37. The highest BCUT2D eigenvalue weighted by atomic mass is 35.5. The summed E-state index contributed by atoms with van der Waals surface area (Å²) in [5.41, 5.74) is 7.09. The first-order valence-electron chi connectivity index (χ1n) is 4.58. The highest BCUT2D eigenvalue weighted by molar-refractivity contribution is 5.85. The minimum absolute atomic E-state index is 0. The van der Waals surface area contributed by atoms with Gasteiger partial charge in [0, 0.05) is 6.04 Å². The van der Waals surface area contributed by atoms with Gasteiger partial charge in [-0.05, 0) is 24.1 Å². The molecule has 1 rings (SSSR count). The van der Waals surface area contributed by atoms with Crippen molar-refractivity contribution in [3.05, 3.63) is 35.4 Å². The monoisotopic (exact) mass is 240 g/mol. The first kappa shape index (κ1) is 14.4. The third-order valence-electron chi connectivity index (χ3n) is 1.99. The van der Waals surface area contributed by atoms with Crippen LogP contribution in [0.15, 0.2) is 24.3 Å². The van der Waals surface area contributed by atoms with Gasteiger partial charge in [0.2, 0.25) is 0 Å². The summed E-state index contributed by atoms with van der Waals surface area (Å²) in [7, 11) is 0. The van der Waals surface area contributed by atoms with Crippen molar-refractivity contribution < 1.29 is 9.90 Å². The Balaban J connectivity index is 0.00000225. The SMILES string of the molecule is Cl.N#Cc1cccc(CC(N)CC(=O)O)c1. The van der Waals surface area contributed by atoms with Crippen LogP contribution in [0.4, 0.5) is 0 Å². The average molecular weight is 241 g/mol. The van der Waals surface area contributed by atoms with Crippen LogP contribution in [0.3, 0.4) is 0 Å². The van der Waals surface area contributed by atoms with E-state index in [-0.39, 0.29) is 18.8 Å². The maximum atomic E-state index is 10.4. The van der Waals surface area contributed by atoms with E-state index < -0.39 is 12.0 Å².